The van der Waals surface area contributed by atoms with Gasteiger partial charge in [-0.2, -0.15) is 0 Å². The molecule has 0 amide bonds. The standard InChI is InChI=1S/C20H23BrN6O2/c1-26(2)11-3-10-22-19-20(23-13-14-4-6-15(21)7-5-14)24-17-9-8-16(27(28)29)12-18(17)25-19/h4-9,12H,3,10-11,13H2,1-2H3,(H,22,25)(H,23,24). The number of nitro benzene ring substituents is 1. The third-order valence-electron chi connectivity index (χ3n) is 4.31. The molecule has 9 heteroatoms. The molecule has 0 bridgehead atoms. The van der Waals surface area contributed by atoms with Crippen LogP contribution >= 0.6 is 15.9 Å². The zero-order valence-corrected chi connectivity index (χ0v) is 17.9. The Morgan fingerprint density at radius 3 is 2.41 bits per heavy atom. The summed E-state index contributed by atoms with van der Waals surface area (Å²) in [7, 11) is 4.06. The van der Waals surface area contributed by atoms with Crippen LogP contribution < -0.4 is 10.6 Å². The van der Waals surface area contributed by atoms with Crippen molar-refractivity contribution in [3.63, 3.8) is 0 Å². The topological polar surface area (TPSA) is 96.2 Å². The number of aromatic nitrogens is 2. The summed E-state index contributed by atoms with van der Waals surface area (Å²) in [6, 6.07) is 12.6. The second kappa shape index (κ2) is 9.62. The molecule has 0 aliphatic carbocycles. The Morgan fingerprint density at radius 2 is 1.72 bits per heavy atom. The molecule has 0 unspecified atom stereocenters. The van der Waals surface area contributed by atoms with Gasteiger partial charge in [0.1, 0.15) is 0 Å². The van der Waals surface area contributed by atoms with Crippen molar-refractivity contribution >= 4 is 44.3 Å². The number of rotatable bonds is 9. The van der Waals surface area contributed by atoms with Crippen LogP contribution in [0, 0.1) is 10.1 Å². The largest absolute Gasteiger partial charge is 0.367 e. The van der Waals surface area contributed by atoms with Crippen LogP contribution in [0.4, 0.5) is 17.3 Å². The highest BCUT2D eigenvalue weighted by atomic mass is 79.9. The Kier molecular flexibility index (Phi) is 6.95. The molecule has 3 rings (SSSR count). The van der Waals surface area contributed by atoms with Gasteiger partial charge in [0.05, 0.1) is 16.0 Å². The molecule has 0 aliphatic heterocycles. The van der Waals surface area contributed by atoms with Crippen molar-refractivity contribution in [2.24, 2.45) is 0 Å². The molecule has 2 N–H and O–H groups in total. The molecule has 0 aliphatic rings. The Labute approximate surface area is 177 Å². The van der Waals surface area contributed by atoms with Gasteiger partial charge in [-0.3, -0.25) is 10.1 Å². The van der Waals surface area contributed by atoms with E-state index in [0.717, 1.165) is 29.5 Å². The molecule has 1 aromatic heterocycles. The fraction of sp³-hybridized carbons (Fsp3) is 0.300. The third-order valence-corrected chi connectivity index (χ3v) is 4.84. The summed E-state index contributed by atoms with van der Waals surface area (Å²) >= 11 is 3.44. The van der Waals surface area contributed by atoms with E-state index in [1.165, 1.54) is 12.1 Å². The minimum atomic E-state index is -0.426. The maximum atomic E-state index is 11.1. The van der Waals surface area contributed by atoms with E-state index < -0.39 is 4.92 Å². The highest BCUT2D eigenvalue weighted by Gasteiger charge is 2.13. The van der Waals surface area contributed by atoms with Crippen LogP contribution in [0.5, 0.6) is 0 Å². The first-order valence-electron chi connectivity index (χ1n) is 9.25. The fourth-order valence-electron chi connectivity index (χ4n) is 2.79. The Morgan fingerprint density at radius 1 is 1.03 bits per heavy atom. The van der Waals surface area contributed by atoms with Gasteiger partial charge in [-0.25, -0.2) is 9.97 Å². The van der Waals surface area contributed by atoms with Crippen molar-refractivity contribution in [1.82, 2.24) is 14.9 Å². The third kappa shape index (κ3) is 5.85. The van der Waals surface area contributed by atoms with Crippen molar-refractivity contribution in [3.05, 3.63) is 62.6 Å². The summed E-state index contributed by atoms with van der Waals surface area (Å²) in [5.41, 5.74) is 2.20. The molecule has 0 radical (unpaired) electrons. The lowest BCUT2D eigenvalue weighted by Crippen LogP contribution is -2.17. The first-order valence-corrected chi connectivity index (χ1v) is 10.0. The van der Waals surface area contributed by atoms with Crippen LogP contribution in [-0.2, 0) is 6.54 Å². The van der Waals surface area contributed by atoms with Crippen molar-refractivity contribution in [3.8, 4) is 0 Å². The molecule has 0 atom stereocenters. The molecule has 2 aromatic carbocycles. The van der Waals surface area contributed by atoms with E-state index in [9.17, 15) is 10.1 Å². The molecule has 0 fully saturated rings. The number of nitrogens with zero attached hydrogens (tertiary/aromatic N) is 4. The maximum absolute atomic E-state index is 11.1. The lowest BCUT2D eigenvalue weighted by atomic mass is 10.2. The monoisotopic (exact) mass is 458 g/mol. The van der Waals surface area contributed by atoms with Crippen LogP contribution in [0.15, 0.2) is 46.9 Å². The molecule has 8 nitrogen and oxygen atoms in total. The normalized spacial score (nSPS) is 11.0. The number of halogens is 1. The van der Waals surface area contributed by atoms with Crippen molar-refractivity contribution in [2.75, 3.05) is 37.8 Å². The Bertz CT molecular complexity index is 994. The van der Waals surface area contributed by atoms with Gasteiger partial charge in [0.15, 0.2) is 11.6 Å². The average molecular weight is 459 g/mol. The number of nitro groups is 1. The fourth-order valence-corrected chi connectivity index (χ4v) is 3.06. The number of hydrogen-bond acceptors (Lipinski definition) is 7. The first-order chi connectivity index (χ1) is 13.9. The molecule has 29 heavy (non-hydrogen) atoms. The van der Waals surface area contributed by atoms with Gasteiger partial charge in [0, 0.05) is 29.7 Å². The number of hydrogen-bond donors (Lipinski definition) is 2. The van der Waals surface area contributed by atoms with Crippen LogP contribution in [-0.4, -0.2) is 47.0 Å². The second-order valence-corrected chi connectivity index (χ2v) is 7.83. The number of non-ortho nitro benzene ring substituents is 1. The van der Waals surface area contributed by atoms with E-state index in [1.54, 1.807) is 6.07 Å². The second-order valence-electron chi connectivity index (χ2n) is 6.91. The van der Waals surface area contributed by atoms with Crippen LogP contribution in [0.3, 0.4) is 0 Å². The number of nitrogens with one attached hydrogen (secondary N) is 2. The molecule has 152 valence electrons. The summed E-state index contributed by atoms with van der Waals surface area (Å²) in [6.45, 7) is 2.26. The van der Waals surface area contributed by atoms with Crippen molar-refractivity contribution in [2.45, 2.75) is 13.0 Å². The number of fused-ring (bicyclic) bond motifs is 1. The van der Waals surface area contributed by atoms with E-state index in [2.05, 4.69) is 41.4 Å². The summed E-state index contributed by atoms with van der Waals surface area (Å²) in [5.74, 6) is 1.22. The smallest absolute Gasteiger partial charge is 0.271 e. The van der Waals surface area contributed by atoms with E-state index in [4.69, 9.17) is 0 Å². The lowest BCUT2D eigenvalue weighted by molar-refractivity contribution is -0.384. The van der Waals surface area contributed by atoms with E-state index >= 15 is 0 Å². The highest BCUT2D eigenvalue weighted by molar-refractivity contribution is 9.10. The zero-order valence-electron chi connectivity index (χ0n) is 16.4. The molecule has 0 spiro atoms. The zero-order chi connectivity index (χ0) is 20.8. The van der Waals surface area contributed by atoms with E-state index in [0.29, 0.717) is 29.2 Å². The van der Waals surface area contributed by atoms with Crippen molar-refractivity contribution < 1.29 is 4.92 Å². The minimum Gasteiger partial charge on any atom is -0.367 e. The summed E-state index contributed by atoms with van der Waals surface area (Å²) in [6.07, 6.45) is 0.938. The first kappa shape index (κ1) is 20.9. The molecule has 0 saturated carbocycles. The minimum absolute atomic E-state index is 0.000861. The molecular weight excluding hydrogens is 436 g/mol. The highest BCUT2D eigenvalue weighted by Crippen LogP contribution is 2.25. The molecule has 3 aromatic rings. The predicted octanol–water partition coefficient (Wildman–Crippen LogP) is 4.28. The summed E-state index contributed by atoms with van der Waals surface area (Å²) < 4.78 is 1.02. The molecule has 1 heterocycles. The quantitative estimate of drug-likeness (QED) is 0.280. The van der Waals surface area contributed by atoms with Crippen LogP contribution in [0.2, 0.25) is 0 Å². The predicted molar refractivity (Wildman–Crippen MR) is 119 cm³/mol. The summed E-state index contributed by atoms with van der Waals surface area (Å²) in [5, 5.41) is 17.7. The average Bonchev–Trinajstić information content (AvgIpc) is 2.70. The van der Waals surface area contributed by atoms with Crippen LogP contribution in [0.1, 0.15) is 12.0 Å². The number of anilines is 2. The van der Waals surface area contributed by atoms with E-state index in [-0.39, 0.29) is 5.69 Å². The van der Waals surface area contributed by atoms with Gasteiger partial charge in [-0.1, -0.05) is 28.1 Å². The van der Waals surface area contributed by atoms with Crippen LogP contribution in [0.25, 0.3) is 11.0 Å². The van der Waals surface area contributed by atoms with Gasteiger partial charge < -0.3 is 15.5 Å². The summed E-state index contributed by atoms with van der Waals surface area (Å²) in [4.78, 5) is 22.0. The lowest BCUT2D eigenvalue weighted by Gasteiger charge is -2.14. The van der Waals surface area contributed by atoms with Gasteiger partial charge in [0.2, 0.25) is 0 Å². The van der Waals surface area contributed by atoms with Gasteiger partial charge in [0.25, 0.3) is 5.69 Å². The SMILES string of the molecule is CN(C)CCCNc1nc2cc([N+](=O)[O-])ccc2nc1NCc1ccc(Br)cc1. The van der Waals surface area contributed by atoms with Gasteiger partial charge in [-0.05, 0) is 50.8 Å². The number of benzene rings is 2. The maximum Gasteiger partial charge on any atom is 0.271 e. The van der Waals surface area contributed by atoms with E-state index in [1.807, 2.05) is 38.4 Å². The Balaban J connectivity index is 1.85. The Hall–Kier alpha value is -2.78. The molecule has 0 saturated heterocycles. The molecular formula is C20H23BrN6O2. The van der Waals surface area contributed by atoms with Gasteiger partial charge >= 0.3 is 0 Å². The van der Waals surface area contributed by atoms with Gasteiger partial charge in [-0.15, -0.1) is 0 Å². The van der Waals surface area contributed by atoms with Crippen molar-refractivity contribution in [1.29, 1.82) is 0 Å².